The first-order valence-corrected chi connectivity index (χ1v) is 12.8. The highest BCUT2D eigenvalue weighted by molar-refractivity contribution is 7.91. The molecule has 1 aromatic carbocycles. The minimum absolute atomic E-state index is 0.00887. The highest BCUT2D eigenvalue weighted by Crippen LogP contribution is 2.44. The van der Waals surface area contributed by atoms with Gasteiger partial charge in [-0.15, -0.1) is 0 Å². The first-order chi connectivity index (χ1) is 15.7. The molecule has 0 amide bonds. The minimum atomic E-state index is -4.16. The molecule has 10 heteroatoms. The van der Waals surface area contributed by atoms with Gasteiger partial charge < -0.3 is 19.7 Å². The number of morpholine rings is 1. The Labute approximate surface area is 207 Å². The van der Waals surface area contributed by atoms with Crippen LogP contribution in [0.4, 0.5) is 0 Å². The Morgan fingerprint density at radius 1 is 1.21 bits per heavy atom. The maximum absolute atomic E-state index is 13.5. The Balaban J connectivity index is 2.26. The molecule has 1 aliphatic rings. The number of carboxylic acids is 1. The van der Waals surface area contributed by atoms with Crippen molar-refractivity contribution in [3.8, 4) is 17.6 Å². The van der Waals surface area contributed by atoms with E-state index in [0.29, 0.717) is 18.6 Å². The number of hydrogen-bond donors (Lipinski definition) is 2. The van der Waals surface area contributed by atoms with E-state index < -0.39 is 39.2 Å². The molecular weight excluding hydrogens is 478 g/mol. The van der Waals surface area contributed by atoms with Crippen LogP contribution in [-0.4, -0.2) is 64.9 Å². The van der Waals surface area contributed by atoms with Gasteiger partial charge in [-0.25, -0.2) is 13.2 Å². The van der Waals surface area contributed by atoms with E-state index in [1.807, 2.05) is 0 Å². The van der Waals surface area contributed by atoms with Crippen LogP contribution >= 0.6 is 12.2 Å². The second-order valence-electron chi connectivity index (χ2n) is 9.61. The highest BCUT2D eigenvalue weighted by Gasteiger charge is 2.60. The fourth-order valence-corrected chi connectivity index (χ4v) is 5.45. The molecule has 2 N–H and O–H groups in total. The number of aliphatic carboxylic acids is 1. The van der Waals surface area contributed by atoms with E-state index in [9.17, 15) is 18.3 Å². The summed E-state index contributed by atoms with van der Waals surface area (Å²) in [5.41, 5.74) is -4.02. The second-order valence-corrected chi connectivity index (χ2v) is 11.9. The minimum Gasteiger partial charge on any atom is -0.481 e. The van der Waals surface area contributed by atoms with E-state index in [4.69, 9.17) is 26.8 Å². The summed E-state index contributed by atoms with van der Waals surface area (Å²) in [5, 5.41) is 18.8. The molecule has 0 aliphatic carbocycles. The normalized spacial score (nSPS) is 20.4. The number of benzene rings is 1. The third-order valence-corrected chi connectivity index (χ3v) is 8.24. The lowest BCUT2D eigenvalue weighted by Gasteiger charge is -2.52. The van der Waals surface area contributed by atoms with Crippen LogP contribution in [0.2, 0.25) is 0 Å². The average Bonchev–Trinajstić information content (AvgIpc) is 2.74. The average molecular weight is 512 g/mol. The third kappa shape index (κ3) is 5.89. The molecule has 0 aromatic heterocycles. The van der Waals surface area contributed by atoms with E-state index in [1.165, 1.54) is 24.3 Å². The van der Waals surface area contributed by atoms with Crippen LogP contribution < -0.4 is 4.74 Å². The zero-order chi connectivity index (χ0) is 25.8. The van der Waals surface area contributed by atoms with E-state index in [-0.39, 0.29) is 23.1 Å². The quantitative estimate of drug-likeness (QED) is 0.311. The van der Waals surface area contributed by atoms with E-state index in [2.05, 4.69) is 11.8 Å². The predicted molar refractivity (Wildman–Crippen MR) is 132 cm³/mol. The molecule has 0 radical (unpaired) electrons. The topological polar surface area (TPSA) is 113 Å². The van der Waals surface area contributed by atoms with Crippen LogP contribution in [0.5, 0.6) is 5.75 Å². The number of unbranched alkanes of at least 4 members (excludes halogenated alkanes) is 2. The van der Waals surface area contributed by atoms with Crippen molar-refractivity contribution in [2.75, 3.05) is 19.8 Å². The SMILES string of the molecule is CC1(C)OC(C(=O)O)(C(C)(C)C)CN(S(=O)(=O)c2ccc(OCC#CCCCCO)cc2)C1=S. The van der Waals surface area contributed by atoms with Gasteiger partial charge in [0.05, 0.1) is 11.4 Å². The molecule has 0 spiro atoms. The fraction of sp³-hybridized carbons (Fsp3) is 0.583. The molecule has 2 rings (SSSR count). The first kappa shape index (κ1) is 28.1. The number of ether oxygens (including phenoxy) is 2. The van der Waals surface area contributed by atoms with Crippen molar-refractivity contribution in [1.82, 2.24) is 4.31 Å². The summed E-state index contributed by atoms with van der Waals surface area (Å²) in [4.78, 5) is 12.3. The van der Waals surface area contributed by atoms with Crippen LogP contribution in [0.1, 0.15) is 53.9 Å². The van der Waals surface area contributed by atoms with Gasteiger partial charge >= 0.3 is 5.97 Å². The van der Waals surface area contributed by atoms with Gasteiger partial charge in [0.15, 0.2) is 5.60 Å². The van der Waals surface area contributed by atoms with Crippen LogP contribution in [0.3, 0.4) is 0 Å². The van der Waals surface area contributed by atoms with Crippen molar-refractivity contribution in [1.29, 1.82) is 0 Å². The summed E-state index contributed by atoms with van der Waals surface area (Å²) in [6, 6.07) is 5.82. The Bertz CT molecular complexity index is 1060. The Hall–Kier alpha value is -2.19. The van der Waals surface area contributed by atoms with E-state index in [1.54, 1.807) is 34.6 Å². The first-order valence-electron chi connectivity index (χ1n) is 11.0. The van der Waals surface area contributed by atoms with E-state index >= 15 is 0 Å². The standard InChI is InChI=1S/C24H33NO7S2/c1-22(2,3)24(21(27)28)17-25(20(33)23(4,5)32-24)34(29,30)19-13-11-18(12-14-19)31-16-10-8-6-7-9-15-26/h11-14,26H,6-7,9,15-17H2,1-5H3,(H,27,28). The summed E-state index contributed by atoms with van der Waals surface area (Å²) >= 11 is 5.43. The monoisotopic (exact) mass is 511 g/mol. The summed E-state index contributed by atoms with van der Waals surface area (Å²) in [7, 11) is -4.16. The number of thiocarbonyl (C=S) groups is 1. The van der Waals surface area contributed by atoms with Crippen LogP contribution in [0.25, 0.3) is 0 Å². The van der Waals surface area contributed by atoms with Gasteiger partial charge in [0.1, 0.15) is 22.9 Å². The van der Waals surface area contributed by atoms with Gasteiger partial charge in [0.25, 0.3) is 10.0 Å². The molecule has 8 nitrogen and oxygen atoms in total. The maximum Gasteiger partial charge on any atom is 0.338 e. The number of aliphatic hydroxyl groups excluding tert-OH is 1. The molecular formula is C24H33NO7S2. The lowest BCUT2D eigenvalue weighted by molar-refractivity contribution is -0.209. The number of aliphatic hydroxyl groups is 1. The number of hydrogen-bond acceptors (Lipinski definition) is 7. The molecule has 1 aromatic rings. The van der Waals surface area contributed by atoms with Crippen LogP contribution in [0, 0.1) is 17.3 Å². The summed E-state index contributed by atoms with van der Waals surface area (Å²) < 4.78 is 39.5. The largest absolute Gasteiger partial charge is 0.481 e. The summed E-state index contributed by atoms with van der Waals surface area (Å²) in [6.45, 7) is 8.08. The van der Waals surface area contributed by atoms with Crippen molar-refractivity contribution in [2.24, 2.45) is 5.41 Å². The third-order valence-electron chi connectivity index (χ3n) is 5.65. The van der Waals surface area contributed by atoms with Crippen LogP contribution in [0.15, 0.2) is 29.2 Å². The van der Waals surface area contributed by atoms with Crippen molar-refractivity contribution >= 4 is 33.2 Å². The number of rotatable bonds is 8. The zero-order valence-electron chi connectivity index (χ0n) is 20.3. The Morgan fingerprint density at radius 2 is 1.82 bits per heavy atom. The molecule has 1 atom stereocenters. The van der Waals surface area contributed by atoms with Gasteiger partial charge in [0.2, 0.25) is 0 Å². The Morgan fingerprint density at radius 3 is 2.35 bits per heavy atom. The van der Waals surface area contributed by atoms with Crippen molar-refractivity contribution in [2.45, 2.75) is 70.0 Å². The molecule has 1 fully saturated rings. The molecule has 188 valence electrons. The Kier molecular flexibility index (Phi) is 8.75. The molecule has 1 aliphatic heterocycles. The zero-order valence-corrected chi connectivity index (χ0v) is 21.9. The smallest absolute Gasteiger partial charge is 0.338 e. The number of sulfonamides is 1. The number of carbonyl (C=O) groups is 1. The lowest BCUT2D eigenvalue weighted by atomic mass is 9.74. The van der Waals surface area contributed by atoms with Gasteiger partial charge in [0, 0.05) is 18.4 Å². The van der Waals surface area contributed by atoms with Gasteiger partial charge in [-0.1, -0.05) is 44.8 Å². The number of nitrogens with zero attached hydrogens (tertiary/aromatic N) is 1. The number of carboxylic acid groups (broad SMARTS) is 1. The maximum atomic E-state index is 13.5. The van der Waals surface area contributed by atoms with Crippen molar-refractivity contribution in [3.63, 3.8) is 0 Å². The lowest BCUT2D eigenvalue weighted by Crippen LogP contribution is -2.70. The van der Waals surface area contributed by atoms with Gasteiger partial charge in [-0.3, -0.25) is 4.31 Å². The second kappa shape index (κ2) is 10.6. The predicted octanol–water partition coefficient (Wildman–Crippen LogP) is 3.23. The summed E-state index contributed by atoms with van der Waals surface area (Å²) in [5.74, 6) is 5.01. The van der Waals surface area contributed by atoms with Crippen molar-refractivity contribution in [3.05, 3.63) is 24.3 Å². The van der Waals surface area contributed by atoms with E-state index in [0.717, 1.165) is 10.7 Å². The van der Waals surface area contributed by atoms with Crippen molar-refractivity contribution < 1.29 is 32.9 Å². The molecule has 0 bridgehead atoms. The molecule has 1 saturated heterocycles. The molecule has 1 heterocycles. The van der Waals surface area contributed by atoms with Gasteiger partial charge in [-0.05, 0) is 51.0 Å². The highest BCUT2D eigenvalue weighted by atomic mass is 32.2. The summed E-state index contributed by atoms with van der Waals surface area (Å²) in [6.07, 6.45) is 2.19. The van der Waals surface area contributed by atoms with Crippen LogP contribution in [-0.2, 0) is 19.6 Å². The molecule has 0 saturated carbocycles. The molecule has 1 unspecified atom stereocenters. The molecule has 34 heavy (non-hydrogen) atoms. The van der Waals surface area contributed by atoms with Gasteiger partial charge in [-0.2, -0.15) is 0 Å². The fourth-order valence-electron chi connectivity index (χ4n) is 3.52.